The van der Waals surface area contributed by atoms with Crippen LogP contribution in [-0.2, 0) is 4.79 Å². The van der Waals surface area contributed by atoms with Crippen LogP contribution in [0.1, 0.15) is 6.92 Å². The first-order chi connectivity index (χ1) is 6.09. The molecule has 1 aromatic heterocycles. The highest BCUT2D eigenvalue weighted by Crippen LogP contribution is 2.06. The average molecular weight is 179 g/mol. The van der Waals surface area contributed by atoms with Gasteiger partial charge >= 0.3 is 5.97 Å². The van der Waals surface area contributed by atoms with Crippen molar-refractivity contribution in [2.24, 2.45) is 0 Å². The summed E-state index contributed by atoms with van der Waals surface area (Å²) in [4.78, 5) is 24.0. The standard InChI is InChI=1S/C9H9NO3/c1-6(2)9(12)13-7-3-4-8(11)10-5-7/h3-5H,1H2,2H3,(H,10,11). The van der Waals surface area contributed by atoms with Gasteiger partial charge in [0.05, 0.1) is 0 Å². The quantitative estimate of drug-likeness (QED) is 0.541. The van der Waals surface area contributed by atoms with Crippen LogP contribution in [0.2, 0.25) is 0 Å². The lowest BCUT2D eigenvalue weighted by Gasteiger charge is -2.01. The zero-order valence-electron chi connectivity index (χ0n) is 7.16. The number of hydrogen-bond donors (Lipinski definition) is 1. The molecule has 0 unspecified atom stereocenters. The maximum absolute atomic E-state index is 11.0. The van der Waals surface area contributed by atoms with Crippen molar-refractivity contribution in [3.63, 3.8) is 0 Å². The molecule has 68 valence electrons. The molecular weight excluding hydrogens is 170 g/mol. The van der Waals surface area contributed by atoms with Crippen LogP contribution in [0.3, 0.4) is 0 Å². The largest absolute Gasteiger partial charge is 0.422 e. The SMILES string of the molecule is C=C(C)C(=O)Oc1ccc(=O)[nH]c1. The number of rotatable bonds is 2. The number of carbonyl (C=O) groups is 1. The zero-order chi connectivity index (χ0) is 9.84. The molecule has 0 spiro atoms. The number of aromatic amines is 1. The summed E-state index contributed by atoms with van der Waals surface area (Å²) in [5.41, 5.74) is 0.0707. The van der Waals surface area contributed by atoms with Crippen molar-refractivity contribution in [2.45, 2.75) is 6.92 Å². The van der Waals surface area contributed by atoms with Gasteiger partial charge in [-0.05, 0) is 13.0 Å². The van der Waals surface area contributed by atoms with E-state index in [2.05, 4.69) is 11.6 Å². The Labute approximate surface area is 74.9 Å². The van der Waals surface area contributed by atoms with Crippen LogP contribution in [0.4, 0.5) is 0 Å². The van der Waals surface area contributed by atoms with Crippen LogP contribution in [-0.4, -0.2) is 11.0 Å². The molecule has 1 heterocycles. The molecule has 0 aliphatic carbocycles. The summed E-state index contributed by atoms with van der Waals surface area (Å²) in [6.07, 6.45) is 1.32. The van der Waals surface area contributed by atoms with Crippen molar-refractivity contribution in [3.05, 3.63) is 40.8 Å². The Morgan fingerprint density at radius 3 is 2.69 bits per heavy atom. The van der Waals surface area contributed by atoms with Crippen LogP contribution < -0.4 is 10.3 Å². The molecule has 0 bridgehead atoms. The lowest BCUT2D eigenvalue weighted by Crippen LogP contribution is -2.10. The van der Waals surface area contributed by atoms with Gasteiger partial charge in [0.25, 0.3) is 0 Å². The van der Waals surface area contributed by atoms with Crippen molar-refractivity contribution >= 4 is 5.97 Å². The summed E-state index contributed by atoms with van der Waals surface area (Å²) in [5.74, 6) is -0.209. The number of pyridine rings is 1. The number of nitrogens with one attached hydrogen (secondary N) is 1. The Morgan fingerprint density at radius 2 is 2.23 bits per heavy atom. The predicted octanol–water partition coefficient (Wildman–Crippen LogP) is 0.856. The van der Waals surface area contributed by atoms with Gasteiger partial charge in [-0.3, -0.25) is 4.79 Å². The first-order valence-corrected chi connectivity index (χ1v) is 3.66. The molecule has 1 rings (SSSR count). The molecule has 1 N–H and O–H groups in total. The van der Waals surface area contributed by atoms with E-state index >= 15 is 0 Å². The van der Waals surface area contributed by atoms with Gasteiger partial charge in [0, 0.05) is 17.8 Å². The fraction of sp³-hybridized carbons (Fsp3) is 0.111. The average Bonchev–Trinajstić information content (AvgIpc) is 2.08. The Hall–Kier alpha value is -1.84. The molecule has 4 nitrogen and oxygen atoms in total. The van der Waals surface area contributed by atoms with Gasteiger partial charge in [-0.2, -0.15) is 0 Å². The van der Waals surface area contributed by atoms with Crippen molar-refractivity contribution in [1.82, 2.24) is 4.98 Å². The van der Waals surface area contributed by atoms with Crippen molar-refractivity contribution in [3.8, 4) is 5.75 Å². The third-order valence-corrected chi connectivity index (χ3v) is 1.31. The Balaban J connectivity index is 2.76. The number of aromatic nitrogens is 1. The van der Waals surface area contributed by atoms with Crippen LogP contribution in [0.5, 0.6) is 5.75 Å². The van der Waals surface area contributed by atoms with Crippen molar-refractivity contribution in [2.75, 3.05) is 0 Å². The normalized spacial score (nSPS) is 9.31. The number of ether oxygens (including phenoxy) is 1. The number of H-pyrrole nitrogens is 1. The van der Waals surface area contributed by atoms with E-state index in [-0.39, 0.29) is 5.56 Å². The molecule has 0 aliphatic heterocycles. The molecule has 0 saturated carbocycles. The molecule has 0 saturated heterocycles. The summed E-state index contributed by atoms with van der Waals surface area (Å²) in [6, 6.07) is 2.70. The maximum Gasteiger partial charge on any atom is 0.338 e. The molecule has 0 atom stereocenters. The van der Waals surface area contributed by atoms with Gasteiger partial charge in [0.1, 0.15) is 5.75 Å². The number of carbonyl (C=O) groups excluding carboxylic acids is 1. The monoisotopic (exact) mass is 179 g/mol. The minimum atomic E-state index is -0.507. The number of hydrogen-bond acceptors (Lipinski definition) is 3. The third kappa shape index (κ3) is 2.59. The van der Waals surface area contributed by atoms with Crippen molar-refractivity contribution < 1.29 is 9.53 Å². The molecule has 0 amide bonds. The molecular formula is C9H9NO3. The molecule has 0 aromatic carbocycles. The lowest BCUT2D eigenvalue weighted by atomic mass is 10.3. The fourth-order valence-corrected chi connectivity index (χ4v) is 0.654. The van der Waals surface area contributed by atoms with Crippen LogP contribution >= 0.6 is 0 Å². The molecule has 0 radical (unpaired) electrons. The third-order valence-electron chi connectivity index (χ3n) is 1.31. The topological polar surface area (TPSA) is 59.2 Å². The van der Waals surface area contributed by atoms with Crippen molar-refractivity contribution in [1.29, 1.82) is 0 Å². The van der Waals surface area contributed by atoms with E-state index in [9.17, 15) is 9.59 Å². The molecule has 4 heteroatoms. The molecule has 1 aromatic rings. The Bertz CT molecular complexity index is 372. The van der Waals surface area contributed by atoms with E-state index < -0.39 is 5.97 Å². The smallest absolute Gasteiger partial charge is 0.338 e. The van der Waals surface area contributed by atoms with E-state index in [1.54, 1.807) is 6.92 Å². The highest BCUT2D eigenvalue weighted by molar-refractivity contribution is 5.88. The van der Waals surface area contributed by atoms with Gasteiger partial charge in [-0.1, -0.05) is 6.58 Å². The fourth-order valence-electron chi connectivity index (χ4n) is 0.654. The minimum Gasteiger partial charge on any atom is -0.422 e. The van der Waals surface area contributed by atoms with E-state index in [1.165, 1.54) is 18.3 Å². The minimum absolute atomic E-state index is 0.241. The first kappa shape index (κ1) is 9.25. The predicted molar refractivity (Wildman–Crippen MR) is 47.5 cm³/mol. The van der Waals surface area contributed by atoms with E-state index in [4.69, 9.17) is 4.74 Å². The van der Waals surface area contributed by atoms with Gasteiger partial charge in [0.15, 0.2) is 0 Å². The first-order valence-electron chi connectivity index (χ1n) is 3.66. The van der Waals surface area contributed by atoms with E-state index in [0.29, 0.717) is 11.3 Å². The second-order valence-corrected chi connectivity index (χ2v) is 2.56. The Morgan fingerprint density at radius 1 is 1.54 bits per heavy atom. The molecule has 0 fully saturated rings. The summed E-state index contributed by atoms with van der Waals surface area (Å²) >= 11 is 0. The highest BCUT2D eigenvalue weighted by Gasteiger charge is 2.04. The zero-order valence-corrected chi connectivity index (χ0v) is 7.16. The molecule has 13 heavy (non-hydrogen) atoms. The van der Waals surface area contributed by atoms with E-state index in [0.717, 1.165) is 0 Å². The molecule has 0 aliphatic rings. The lowest BCUT2D eigenvalue weighted by molar-refractivity contribution is -0.130. The summed E-state index contributed by atoms with van der Waals surface area (Å²) < 4.78 is 4.82. The van der Waals surface area contributed by atoms with Gasteiger partial charge in [-0.15, -0.1) is 0 Å². The van der Waals surface area contributed by atoms with Crippen LogP contribution in [0.25, 0.3) is 0 Å². The van der Waals surface area contributed by atoms with Gasteiger partial charge in [-0.25, -0.2) is 4.79 Å². The van der Waals surface area contributed by atoms with Crippen LogP contribution in [0.15, 0.2) is 35.3 Å². The van der Waals surface area contributed by atoms with Crippen LogP contribution in [0, 0.1) is 0 Å². The Kier molecular flexibility index (Phi) is 2.64. The van der Waals surface area contributed by atoms with Gasteiger partial charge < -0.3 is 9.72 Å². The maximum atomic E-state index is 11.0. The summed E-state index contributed by atoms with van der Waals surface area (Å²) in [7, 11) is 0. The highest BCUT2D eigenvalue weighted by atomic mass is 16.5. The summed E-state index contributed by atoms with van der Waals surface area (Å²) in [6.45, 7) is 4.97. The van der Waals surface area contributed by atoms with Gasteiger partial charge in [0.2, 0.25) is 5.56 Å². The summed E-state index contributed by atoms with van der Waals surface area (Å²) in [5, 5.41) is 0. The second-order valence-electron chi connectivity index (χ2n) is 2.56. The second kappa shape index (κ2) is 3.71. The number of esters is 1. The van der Waals surface area contributed by atoms with E-state index in [1.807, 2.05) is 0 Å².